The summed E-state index contributed by atoms with van der Waals surface area (Å²) in [6.45, 7) is 0. The lowest BCUT2D eigenvalue weighted by atomic mass is 10.0. The standard InChI is InChI=1S/C11H12Br2O3/c1-15-9-3-7(5-12)10(11(14)16-2)8(4-9)6-13/h3-4H,5-6H2,1-2H3. The number of esters is 1. The third kappa shape index (κ3) is 2.77. The van der Waals surface area contributed by atoms with Gasteiger partial charge >= 0.3 is 5.97 Å². The molecule has 0 saturated heterocycles. The van der Waals surface area contributed by atoms with Gasteiger partial charge in [-0.2, -0.15) is 0 Å². The third-order valence-corrected chi connectivity index (χ3v) is 3.40. The van der Waals surface area contributed by atoms with Crippen LogP contribution < -0.4 is 4.74 Å². The fraction of sp³-hybridized carbons (Fsp3) is 0.364. The molecule has 0 spiro atoms. The van der Waals surface area contributed by atoms with Crippen molar-refractivity contribution >= 4 is 37.8 Å². The van der Waals surface area contributed by atoms with Gasteiger partial charge in [-0.1, -0.05) is 31.9 Å². The predicted octanol–water partition coefficient (Wildman–Crippen LogP) is 3.27. The van der Waals surface area contributed by atoms with Crippen LogP contribution in [0.3, 0.4) is 0 Å². The second kappa shape index (κ2) is 6.25. The maximum Gasteiger partial charge on any atom is 0.338 e. The third-order valence-electron chi connectivity index (χ3n) is 2.19. The highest BCUT2D eigenvalue weighted by Gasteiger charge is 2.17. The van der Waals surface area contributed by atoms with Crippen molar-refractivity contribution < 1.29 is 14.3 Å². The van der Waals surface area contributed by atoms with E-state index >= 15 is 0 Å². The van der Waals surface area contributed by atoms with Crippen LogP contribution in [0.4, 0.5) is 0 Å². The van der Waals surface area contributed by atoms with Crippen molar-refractivity contribution in [3.8, 4) is 5.75 Å². The minimum Gasteiger partial charge on any atom is -0.497 e. The summed E-state index contributed by atoms with van der Waals surface area (Å²) in [5.41, 5.74) is 2.32. The van der Waals surface area contributed by atoms with E-state index < -0.39 is 0 Å². The second-order valence-corrected chi connectivity index (χ2v) is 4.20. The fourth-order valence-corrected chi connectivity index (χ4v) is 2.31. The summed E-state index contributed by atoms with van der Waals surface area (Å²) in [5, 5.41) is 1.16. The van der Waals surface area contributed by atoms with Gasteiger partial charge in [0.2, 0.25) is 0 Å². The molecular formula is C11H12Br2O3. The van der Waals surface area contributed by atoms with Crippen LogP contribution in [-0.2, 0) is 15.4 Å². The van der Waals surface area contributed by atoms with E-state index in [-0.39, 0.29) is 5.97 Å². The van der Waals surface area contributed by atoms with Crippen molar-refractivity contribution in [2.45, 2.75) is 10.7 Å². The van der Waals surface area contributed by atoms with E-state index in [2.05, 4.69) is 31.9 Å². The number of carbonyl (C=O) groups is 1. The molecule has 0 heterocycles. The molecule has 1 rings (SSSR count). The summed E-state index contributed by atoms with van der Waals surface area (Å²) in [5.74, 6) is 0.406. The number of alkyl halides is 2. The number of hydrogen-bond donors (Lipinski definition) is 0. The molecule has 0 aromatic heterocycles. The molecule has 0 aliphatic rings. The molecule has 0 saturated carbocycles. The molecule has 0 amide bonds. The fourth-order valence-electron chi connectivity index (χ4n) is 1.43. The Kier molecular flexibility index (Phi) is 5.28. The van der Waals surface area contributed by atoms with E-state index in [1.165, 1.54) is 7.11 Å². The van der Waals surface area contributed by atoms with Crippen LogP contribution in [0, 0.1) is 0 Å². The van der Waals surface area contributed by atoms with Crippen LogP contribution in [0.5, 0.6) is 5.75 Å². The van der Waals surface area contributed by atoms with Gasteiger partial charge in [0, 0.05) is 10.7 Å². The van der Waals surface area contributed by atoms with Crippen LogP contribution in [-0.4, -0.2) is 20.2 Å². The number of carbonyl (C=O) groups excluding carboxylic acids is 1. The second-order valence-electron chi connectivity index (χ2n) is 3.08. The summed E-state index contributed by atoms with van der Waals surface area (Å²) in [6, 6.07) is 3.65. The van der Waals surface area contributed by atoms with Crippen molar-refractivity contribution in [2.24, 2.45) is 0 Å². The first kappa shape index (κ1) is 13.5. The molecule has 0 unspecified atom stereocenters. The maximum atomic E-state index is 11.7. The molecule has 1 aromatic rings. The van der Waals surface area contributed by atoms with Crippen molar-refractivity contribution in [1.82, 2.24) is 0 Å². The highest BCUT2D eigenvalue weighted by Crippen LogP contribution is 2.26. The minimum atomic E-state index is -0.327. The van der Waals surface area contributed by atoms with Crippen molar-refractivity contribution in [2.75, 3.05) is 14.2 Å². The summed E-state index contributed by atoms with van der Waals surface area (Å²) in [4.78, 5) is 11.7. The van der Waals surface area contributed by atoms with Gasteiger partial charge in [0.1, 0.15) is 5.75 Å². The smallest absolute Gasteiger partial charge is 0.338 e. The Hall–Kier alpha value is -0.550. The zero-order chi connectivity index (χ0) is 12.1. The Morgan fingerprint density at radius 1 is 1.19 bits per heavy atom. The molecular weight excluding hydrogens is 340 g/mol. The van der Waals surface area contributed by atoms with Gasteiger partial charge in [-0.05, 0) is 23.3 Å². The van der Waals surface area contributed by atoms with E-state index in [0.29, 0.717) is 16.2 Å². The van der Waals surface area contributed by atoms with Gasteiger partial charge in [0.05, 0.1) is 19.8 Å². The first-order valence-electron chi connectivity index (χ1n) is 4.58. The zero-order valence-electron chi connectivity index (χ0n) is 9.05. The van der Waals surface area contributed by atoms with E-state index in [9.17, 15) is 4.79 Å². The Morgan fingerprint density at radius 2 is 1.69 bits per heavy atom. The molecule has 3 nitrogen and oxygen atoms in total. The molecule has 88 valence electrons. The minimum absolute atomic E-state index is 0.327. The average molecular weight is 352 g/mol. The van der Waals surface area contributed by atoms with Gasteiger partial charge in [-0.15, -0.1) is 0 Å². The van der Waals surface area contributed by atoms with E-state index in [1.54, 1.807) is 7.11 Å². The van der Waals surface area contributed by atoms with E-state index in [1.807, 2.05) is 12.1 Å². The molecule has 0 fully saturated rings. The van der Waals surface area contributed by atoms with E-state index in [0.717, 1.165) is 16.9 Å². The molecule has 0 N–H and O–H groups in total. The Morgan fingerprint density at radius 3 is 2.00 bits per heavy atom. The van der Waals surface area contributed by atoms with Gasteiger partial charge in [-0.3, -0.25) is 0 Å². The van der Waals surface area contributed by atoms with Gasteiger partial charge in [-0.25, -0.2) is 4.79 Å². The number of hydrogen-bond acceptors (Lipinski definition) is 3. The van der Waals surface area contributed by atoms with Gasteiger partial charge in [0.15, 0.2) is 0 Å². The van der Waals surface area contributed by atoms with Crippen LogP contribution in [0.2, 0.25) is 0 Å². The number of halogens is 2. The van der Waals surface area contributed by atoms with Gasteiger partial charge in [0.25, 0.3) is 0 Å². The molecule has 0 aliphatic heterocycles. The highest BCUT2D eigenvalue weighted by molar-refractivity contribution is 9.08. The molecule has 0 radical (unpaired) electrons. The molecule has 0 bridgehead atoms. The highest BCUT2D eigenvalue weighted by atomic mass is 79.9. The normalized spacial score (nSPS) is 10.0. The van der Waals surface area contributed by atoms with Crippen LogP contribution in [0.25, 0.3) is 0 Å². The van der Waals surface area contributed by atoms with Crippen LogP contribution >= 0.6 is 31.9 Å². The number of ether oxygens (including phenoxy) is 2. The average Bonchev–Trinajstić information content (AvgIpc) is 2.35. The van der Waals surface area contributed by atoms with Crippen LogP contribution in [0.1, 0.15) is 21.5 Å². The summed E-state index contributed by atoms with van der Waals surface area (Å²) in [6.07, 6.45) is 0. The lowest BCUT2D eigenvalue weighted by Crippen LogP contribution is -2.09. The molecule has 1 aromatic carbocycles. The maximum absolute atomic E-state index is 11.7. The Labute approximate surface area is 111 Å². The lowest BCUT2D eigenvalue weighted by molar-refractivity contribution is 0.0599. The first-order valence-corrected chi connectivity index (χ1v) is 6.82. The quantitative estimate of drug-likeness (QED) is 0.617. The SMILES string of the molecule is COC(=O)c1c(CBr)cc(OC)cc1CBr. The van der Waals surface area contributed by atoms with Crippen molar-refractivity contribution in [3.05, 3.63) is 28.8 Å². The summed E-state index contributed by atoms with van der Waals surface area (Å²) >= 11 is 6.71. The largest absolute Gasteiger partial charge is 0.497 e. The van der Waals surface area contributed by atoms with Crippen molar-refractivity contribution in [1.29, 1.82) is 0 Å². The Balaban J connectivity index is 3.37. The molecule has 0 atom stereocenters. The Bertz CT molecular complexity index is 366. The van der Waals surface area contributed by atoms with Gasteiger partial charge < -0.3 is 9.47 Å². The van der Waals surface area contributed by atoms with E-state index in [4.69, 9.17) is 9.47 Å². The topological polar surface area (TPSA) is 35.5 Å². The summed E-state index contributed by atoms with van der Waals surface area (Å²) in [7, 11) is 2.98. The predicted molar refractivity (Wildman–Crippen MR) is 69.6 cm³/mol. The zero-order valence-corrected chi connectivity index (χ0v) is 12.2. The monoisotopic (exact) mass is 350 g/mol. The lowest BCUT2D eigenvalue weighted by Gasteiger charge is -2.12. The number of methoxy groups -OCH3 is 2. The van der Waals surface area contributed by atoms with Crippen LogP contribution in [0.15, 0.2) is 12.1 Å². The van der Waals surface area contributed by atoms with Crippen molar-refractivity contribution in [3.63, 3.8) is 0 Å². The molecule has 16 heavy (non-hydrogen) atoms. The number of rotatable bonds is 4. The first-order chi connectivity index (χ1) is 7.67. The number of benzene rings is 1. The summed E-state index contributed by atoms with van der Waals surface area (Å²) < 4.78 is 9.95. The molecule has 5 heteroatoms. The molecule has 0 aliphatic carbocycles.